The van der Waals surface area contributed by atoms with Crippen molar-refractivity contribution in [1.29, 1.82) is 0 Å². The van der Waals surface area contributed by atoms with Gasteiger partial charge in [0.15, 0.2) is 0 Å². The molecule has 0 aromatic carbocycles. The Kier molecular flexibility index (Phi) is 4.94. The average molecular weight is 240 g/mol. The molecule has 96 valence electrons. The summed E-state index contributed by atoms with van der Waals surface area (Å²) < 4.78 is 5.31. The van der Waals surface area contributed by atoms with Crippen molar-refractivity contribution >= 4 is 5.91 Å². The maximum atomic E-state index is 11.5. The number of amides is 1. The molecule has 17 heavy (non-hydrogen) atoms. The summed E-state index contributed by atoms with van der Waals surface area (Å²) in [7, 11) is 0. The van der Waals surface area contributed by atoms with E-state index in [1.54, 1.807) is 6.92 Å². The maximum Gasteiger partial charge on any atom is 0.237 e. The van der Waals surface area contributed by atoms with E-state index < -0.39 is 5.60 Å². The van der Waals surface area contributed by atoms with Crippen LogP contribution < -0.4 is 10.6 Å². The highest BCUT2D eigenvalue weighted by atomic mass is 16.5. The quantitative estimate of drug-likeness (QED) is 0.553. The minimum Gasteiger partial charge on any atom is -0.386 e. The molecule has 1 saturated heterocycles. The lowest BCUT2D eigenvalue weighted by Gasteiger charge is -2.27. The van der Waals surface area contributed by atoms with Crippen molar-refractivity contribution in [2.45, 2.75) is 38.0 Å². The van der Waals surface area contributed by atoms with Crippen LogP contribution in [0.25, 0.3) is 0 Å². The molecule has 1 aliphatic rings. The van der Waals surface area contributed by atoms with Gasteiger partial charge in [0.05, 0.1) is 18.7 Å². The maximum absolute atomic E-state index is 11.5. The van der Waals surface area contributed by atoms with E-state index in [4.69, 9.17) is 11.2 Å². The van der Waals surface area contributed by atoms with E-state index in [9.17, 15) is 9.90 Å². The molecule has 0 saturated carbocycles. The van der Waals surface area contributed by atoms with Gasteiger partial charge in [-0.25, -0.2) is 0 Å². The zero-order chi connectivity index (χ0) is 12.9. The minimum absolute atomic E-state index is 0.168. The number of carbonyl (C=O) groups is 1. The molecular weight excluding hydrogens is 220 g/mol. The van der Waals surface area contributed by atoms with Gasteiger partial charge < -0.3 is 20.5 Å². The number of ether oxygens (including phenoxy) is 1. The van der Waals surface area contributed by atoms with Crippen molar-refractivity contribution in [2.24, 2.45) is 0 Å². The van der Waals surface area contributed by atoms with Crippen LogP contribution in [-0.2, 0) is 9.53 Å². The third-order valence-corrected chi connectivity index (χ3v) is 3.13. The first-order chi connectivity index (χ1) is 7.99. The highest BCUT2D eigenvalue weighted by Gasteiger charge is 2.39. The normalized spacial score (nSPS) is 29.6. The standard InChI is InChI=1S/C12H20N2O3/c1-4-6-13-11(15)9(2)14-8-12(16)5-7-17-10(12)3/h1,9-10,14,16H,5-8H2,2-3H3,(H,13,15). The summed E-state index contributed by atoms with van der Waals surface area (Å²) in [5.74, 6) is 2.17. The molecule has 1 fully saturated rings. The van der Waals surface area contributed by atoms with Gasteiger partial charge in [-0.15, -0.1) is 6.42 Å². The molecule has 3 atom stereocenters. The molecule has 1 heterocycles. The van der Waals surface area contributed by atoms with Gasteiger partial charge in [0, 0.05) is 19.6 Å². The summed E-state index contributed by atoms with van der Waals surface area (Å²) in [6, 6.07) is -0.389. The summed E-state index contributed by atoms with van der Waals surface area (Å²) in [6.07, 6.45) is 5.42. The molecule has 0 bridgehead atoms. The Labute approximate surface area is 102 Å². The summed E-state index contributed by atoms with van der Waals surface area (Å²) >= 11 is 0. The molecule has 5 nitrogen and oxygen atoms in total. The van der Waals surface area contributed by atoms with E-state index in [1.807, 2.05) is 6.92 Å². The number of terminal acetylenes is 1. The largest absolute Gasteiger partial charge is 0.386 e. The van der Waals surface area contributed by atoms with Crippen LogP contribution in [0.4, 0.5) is 0 Å². The van der Waals surface area contributed by atoms with Crippen LogP contribution in [0.3, 0.4) is 0 Å². The lowest BCUT2D eigenvalue weighted by atomic mass is 9.96. The van der Waals surface area contributed by atoms with Crippen molar-refractivity contribution in [3.8, 4) is 12.3 Å². The number of aliphatic hydroxyl groups is 1. The predicted molar refractivity (Wildman–Crippen MR) is 64.3 cm³/mol. The van der Waals surface area contributed by atoms with Crippen LogP contribution in [0, 0.1) is 12.3 Å². The number of nitrogens with one attached hydrogen (secondary N) is 2. The van der Waals surface area contributed by atoms with Crippen LogP contribution >= 0.6 is 0 Å². The van der Waals surface area contributed by atoms with Gasteiger partial charge in [-0.3, -0.25) is 4.79 Å². The van der Waals surface area contributed by atoms with Crippen molar-refractivity contribution < 1.29 is 14.6 Å². The first-order valence-electron chi connectivity index (χ1n) is 5.78. The SMILES string of the molecule is C#CCNC(=O)C(C)NCC1(O)CCOC1C. The Balaban J connectivity index is 2.35. The van der Waals surface area contributed by atoms with E-state index >= 15 is 0 Å². The molecule has 0 aliphatic carbocycles. The summed E-state index contributed by atoms with van der Waals surface area (Å²) in [4.78, 5) is 11.5. The fourth-order valence-electron chi connectivity index (χ4n) is 1.72. The second-order valence-electron chi connectivity index (χ2n) is 4.39. The van der Waals surface area contributed by atoms with Gasteiger partial charge in [-0.1, -0.05) is 5.92 Å². The molecule has 0 aromatic heterocycles. The topological polar surface area (TPSA) is 70.6 Å². The second-order valence-corrected chi connectivity index (χ2v) is 4.39. The highest BCUT2D eigenvalue weighted by Crippen LogP contribution is 2.24. The molecule has 1 rings (SSSR count). The smallest absolute Gasteiger partial charge is 0.237 e. The van der Waals surface area contributed by atoms with Crippen molar-refractivity contribution in [2.75, 3.05) is 19.7 Å². The fourth-order valence-corrected chi connectivity index (χ4v) is 1.72. The molecule has 1 amide bonds. The van der Waals surface area contributed by atoms with Crippen molar-refractivity contribution in [3.63, 3.8) is 0 Å². The molecule has 3 unspecified atom stereocenters. The molecule has 5 heteroatoms. The fraction of sp³-hybridized carbons (Fsp3) is 0.750. The Morgan fingerprint density at radius 1 is 1.76 bits per heavy atom. The van der Waals surface area contributed by atoms with Gasteiger partial charge >= 0.3 is 0 Å². The molecule has 0 spiro atoms. The Morgan fingerprint density at radius 2 is 2.47 bits per heavy atom. The van der Waals surface area contributed by atoms with Gasteiger partial charge in [-0.05, 0) is 13.8 Å². The zero-order valence-corrected chi connectivity index (χ0v) is 10.3. The molecule has 0 aromatic rings. The summed E-state index contributed by atoms with van der Waals surface area (Å²) in [5, 5.41) is 15.8. The summed E-state index contributed by atoms with van der Waals surface area (Å²) in [5.41, 5.74) is -0.888. The highest BCUT2D eigenvalue weighted by molar-refractivity contribution is 5.81. The lowest BCUT2D eigenvalue weighted by Crippen LogP contribution is -2.51. The first-order valence-corrected chi connectivity index (χ1v) is 5.78. The second kappa shape index (κ2) is 6.01. The Bertz CT molecular complexity index is 313. The van der Waals surface area contributed by atoms with Gasteiger partial charge in [0.2, 0.25) is 5.91 Å². The third-order valence-electron chi connectivity index (χ3n) is 3.13. The third kappa shape index (κ3) is 3.70. The number of carbonyl (C=O) groups excluding carboxylic acids is 1. The van der Waals surface area contributed by atoms with Crippen LogP contribution in [-0.4, -0.2) is 48.5 Å². The number of hydrogen-bond donors (Lipinski definition) is 3. The summed E-state index contributed by atoms with van der Waals surface area (Å²) in [6.45, 7) is 4.66. The Hall–Kier alpha value is -1.09. The van der Waals surface area contributed by atoms with Gasteiger partial charge in [0.25, 0.3) is 0 Å². The van der Waals surface area contributed by atoms with Gasteiger partial charge in [0.1, 0.15) is 5.60 Å². The van der Waals surface area contributed by atoms with Crippen molar-refractivity contribution in [1.82, 2.24) is 10.6 Å². The van der Waals surface area contributed by atoms with Crippen LogP contribution in [0.15, 0.2) is 0 Å². The van der Waals surface area contributed by atoms with E-state index in [2.05, 4.69) is 16.6 Å². The molecule has 1 aliphatic heterocycles. The lowest BCUT2D eigenvalue weighted by molar-refractivity contribution is -0.122. The Morgan fingerprint density at radius 3 is 3.00 bits per heavy atom. The monoisotopic (exact) mass is 240 g/mol. The van der Waals surface area contributed by atoms with Crippen LogP contribution in [0.5, 0.6) is 0 Å². The first kappa shape index (κ1) is 14.0. The zero-order valence-electron chi connectivity index (χ0n) is 10.3. The van der Waals surface area contributed by atoms with E-state index in [0.29, 0.717) is 19.6 Å². The minimum atomic E-state index is -0.888. The number of rotatable bonds is 5. The van der Waals surface area contributed by atoms with Gasteiger partial charge in [-0.2, -0.15) is 0 Å². The van der Waals surface area contributed by atoms with Crippen LogP contribution in [0.1, 0.15) is 20.3 Å². The van der Waals surface area contributed by atoms with E-state index in [0.717, 1.165) is 0 Å². The van der Waals surface area contributed by atoms with E-state index in [-0.39, 0.29) is 24.6 Å². The van der Waals surface area contributed by atoms with Crippen molar-refractivity contribution in [3.05, 3.63) is 0 Å². The predicted octanol–water partition coefficient (Wildman–Crippen LogP) is -0.746. The molecular formula is C12H20N2O3. The molecule has 0 radical (unpaired) electrons. The number of hydrogen-bond acceptors (Lipinski definition) is 4. The van der Waals surface area contributed by atoms with E-state index in [1.165, 1.54) is 0 Å². The average Bonchev–Trinajstić information content (AvgIpc) is 2.64. The van der Waals surface area contributed by atoms with Crippen LogP contribution in [0.2, 0.25) is 0 Å². The molecule has 3 N–H and O–H groups in total.